The summed E-state index contributed by atoms with van der Waals surface area (Å²) in [4.78, 5) is 28.6. The van der Waals surface area contributed by atoms with Gasteiger partial charge in [0.2, 0.25) is 5.91 Å². The topological polar surface area (TPSA) is 71.1 Å². The van der Waals surface area contributed by atoms with Gasteiger partial charge in [-0.15, -0.1) is 0 Å². The molecule has 1 atom stereocenters. The SMILES string of the molecule is CCC(=O)Nc1cccc(C(=O)N[C@H](c2ccncc2)c2ccc(C)cc2)c1. The Labute approximate surface area is 164 Å². The molecule has 1 aromatic heterocycles. The number of amides is 2. The molecule has 0 radical (unpaired) electrons. The van der Waals surface area contributed by atoms with Gasteiger partial charge in [0.05, 0.1) is 6.04 Å². The molecule has 0 bridgehead atoms. The van der Waals surface area contributed by atoms with Gasteiger partial charge < -0.3 is 10.6 Å². The molecule has 2 aromatic carbocycles. The van der Waals surface area contributed by atoms with Crippen LogP contribution in [0.2, 0.25) is 0 Å². The largest absolute Gasteiger partial charge is 0.341 e. The summed E-state index contributed by atoms with van der Waals surface area (Å²) >= 11 is 0. The Morgan fingerprint density at radius 1 is 0.964 bits per heavy atom. The fraction of sp³-hybridized carbons (Fsp3) is 0.174. The Balaban J connectivity index is 1.86. The van der Waals surface area contributed by atoms with E-state index in [4.69, 9.17) is 0 Å². The average Bonchev–Trinajstić information content (AvgIpc) is 2.73. The van der Waals surface area contributed by atoms with E-state index in [1.807, 2.05) is 43.3 Å². The predicted octanol–water partition coefficient (Wildman–Crippen LogP) is 4.26. The van der Waals surface area contributed by atoms with Crippen LogP contribution in [0.5, 0.6) is 0 Å². The van der Waals surface area contributed by atoms with E-state index in [9.17, 15) is 9.59 Å². The van der Waals surface area contributed by atoms with Crippen LogP contribution >= 0.6 is 0 Å². The smallest absolute Gasteiger partial charge is 0.252 e. The third kappa shape index (κ3) is 4.82. The number of rotatable bonds is 6. The number of nitrogens with zero attached hydrogens (tertiary/aromatic N) is 1. The molecule has 1 heterocycles. The quantitative estimate of drug-likeness (QED) is 0.678. The number of carbonyl (C=O) groups excluding carboxylic acids is 2. The Morgan fingerprint density at radius 2 is 1.64 bits per heavy atom. The van der Waals surface area contributed by atoms with Crippen LogP contribution in [0.3, 0.4) is 0 Å². The van der Waals surface area contributed by atoms with E-state index in [1.165, 1.54) is 0 Å². The Morgan fingerprint density at radius 3 is 2.32 bits per heavy atom. The summed E-state index contributed by atoms with van der Waals surface area (Å²) < 4.78 is 0. The molecule has 0 aliphatic carbocycles. The number of hydrogen-bond acceptors (Lipinski definition) is 3. The van der Waals surface area contributed by atoms with Crippen LogP contribution < -0.4 is 10.6 Å². The first-order valence-electron chi connectivity index (χ1n) is 9.24. The molecule has 3 aromatic rings. The fourth-order valence-electron chi connectivity index (χ4n) is 2.88. The molecule has 3 rings (SSSR count). The normalized spacial score (nSPS) is 11.5. The van der Waals surface area contributed by atoms with E-state index in [0.29, 0.717) is 17.7 Å². The summed E-state index contributed by atoms with van der Waals surface area (Å²) in [5.41, 5.74) is 4.18. The second kappa shape index (κ2) is 8.95. The minimum Gasteiger partial charge on any atom is -0.341 e. The first kappa shape index (κ1) is 19.3. The lowest BCUT2D eigenvalue weighted by molar-refractivity contribution is -0.115. The van der Waals surface area contributed by atoms with Gasteiger partial charge in [-0.25, -0.2) is 0 Å². The summed E-state index contributed by atoms with van der Waals surface area (Å²) in [5, 5.41) is 5.88. The van der Waals surface area contributed by atoms with E-state index < -0.39 is 0 Å². The number of nitrogens with one attached hydrogen (secondary N) is 2. The second-order valence-corrected chi connectivity index (χ2v) is 6.58. The highest BCUT2D eigenvalue weighted by molar-refractivity contribution is 5.97. The van der Waals surface area contributed by atoms with Crippen molar-refractivity contribution in [3.8, 4) is 0 Å². The molecule has 0 unspecified atom stereocenters. The Kier molecular flexibility index (Phi) is 6.17. The van der Waals surface area contributed by atoms with Gasteiger partial charge in [-0.2, -0.15) is 0 Å². The maximum absolute atomic E-state index is 12.9. The molecule has 142 valence electrons. The highest BCUT2D eigenvalue weighted by Gasteiger charge is 2.18. The van der Waals surface area contributed by atoms with Gasteiger partial charge >= 0.3 is 0 Å². The van der Waals surface area contributed by atoms with Gasteiger partial charge in [0, 0.05) is 30.1 Å². The van der Waals surface area contributed by atoms with Crippen LogP contribution in [0, 0.1) is 6.92 Å². The summed E-state index contributed by atoms with van der Waals surface area (Å²) in [5.74, 6) is -0.304. The highest BCUT2D eigenvalue weighted by Crippen LogP contribution is 2.23. The van der Waals surface area contributed by atoms with Crippen LogP contribution in [0.1, 0.15) is 46.4 Å². The third-order valence-corrected chi connectivity index (χ3v) is 4.46. The Hall–Kier alpha value is -3.47. The van der Waals surface area contributed by atoms with Gasteiger partial charge in [-0.1, -0.05) is 42.8 Å². The van der Waals surface area contributed by atoms with E-state index >= 15 is 0 Å². The van der Waals surface area contributed by atoms with Crippen molar-refractivity contribution in [2.45, 2.75) is 26.3 Å². The summed E-state index contributed by atoms with van der Waals surface area (Å²) in [7, 11) is 0. The molecule has 2 amide bonds. The van der Waals surface area contributed by atoms with Gasteiger partial charge in [0.25, 0.3) is 5.91 Å². The fourth-order valence-corrected chi connectivity index (χ4v) is 2.88. The molecule has 5 nitrogen and oxygen atoms in total. The van der Waals surface area contributed by atoms with Crippen LogP contribution in [0.4, 0.5) is 5.69 Å². The minimum absolute atomic E-state index is 0.0909. The Bertz CT molecular complexity index is 953. The van der Waals surface area contributed by atoms with E-state index in [1.54, 1.807) is 43.6 Å². The average molecular weight is 373 g/mol. The molecule has 0 aliphatic heterocycles. The highest BCUT2D eigenvalue weighted by atomic mass is 16.2. The van der Waals surface area contributed by atoms with Crippen LogP contribution in [0.25, 0.3) is 0 Å². The zero-order valence-corrected chi connectivity index (χ0v) is 16.0. The number of hydrogen-bond donors (Lipinski definition) is 2. The molecule has 0 fully saturated rings. The van der Waals surface area contributed by atoms with Crippen molar-refractivity contribution < 1.29 is 9.59 Å². The van der Waals surface area contributed by atoms with Gasteiger partial charge in [0.1, 0.15) is 0 Å². The maximum Gasteiger partial charge on any atom is 0.252 e. The van der Waals surface area contributed by atoms with Crippen molar-refractivity contribution in [2.24, 2.45) is 0 Å². The minimum atomic E-state index is -0.301. The number of aryl methyl sites for hydroxylation is 1. The van der Waals surface area contributed by atoms with Gasteiger partial charge in [-0.05, 0) is 48.4 Å². The summed E-state index contributed by atoms with van der Waals surface area (Å²) in [6.45, 7) is 3.81. The molecule has 0 spiro atoms. The van der Waals surface area contributed by atoms with E-state index in [-0.39, 0.29) is 17.9 Å². The van der Waals surface area contributed by atoms with Crippen LogP contribution in [-0.2, 0) is 4.79 Å². The van der Waals surface area contributed by atoms with Gasteiger partial charge in [-0.3, -0.25) is 14.6 Å². The summed E-state index contributed by atoms with van der Waals surface area (Å²) in [6, 6.07) is 18.5. The first-order chi connectivity index (χ1) is 13.6. The lowest BCUT2D eigenvalue weighted by Gasteiger charge is -2.20. The first-order valence-corrected chi connectivity index (χ1v) is 9.24. The third-order valence-electron chi connectivity index (χ3n) is 4.46. The molecule has 0 saturated carbocycles. The lowest BCUT2D eigenvalue weighted by Crippen LogP contribution is -2.29. The van der Waals surface area contributed by atoms with Crippen molar-refractivity contribution in [1.29, 1.82) is 0 Å². The van der Waals surface area contributed by atoms with Crippen molar-refractivity contribution in [1.82, 2.24) is 10.3 Å². The van der Waals surface area contributed by atoms with Crippen molar-refractivity contribution >= 4 is 17.5 Å². The lowest BCUT2D eigenvalue weighted by atomic mass is 9.98. The molecule has 5 heteroatoms. The zero-order chi connectivity index (χ0) is 19.9. The van der Waals surface area contributed by atoms with Crippen molar-refractivity contribution in [3.63, 3.8) is 0 Å². The standard InChI is InChI=1S/C23H23N3O2/c1-3-21(27)25-20-6-4-5-19(15-20)23(28)26-22(18-11-13-24-14-12-18)17-9-7-16(2)8-10-17/h4-15,22H,3H2,1-2H3,(H,25,27)(H,26,28)/t22-/m0/s1. The maximum atomic E-state index is 12.9. The number of benzene rings is 2. The molecule has 0 saturated heterocycles. The van der Waals surface area contributed by atoms with Crippen LogP contribution in [0.15, 0.2) is 73.1 Å². The van der Waals surface area contributed by atoms with E-state index in [0.717, 1.165) is 16.7 Å². The van der Waals surface area contributed by atoms with Gasteiger partial charge in [0.15, 0.2) is 0 Å². The predicted molar refractivity (Wildman–Crippen MR) is 110 cm³/mol. The summed E-state index contributed by atoms with van der Waals surface area (Å²) in [6.07, 6.45) is 3.81. The molecular weight excluding hydrogens is 350 g/mol. The van der Waals surface area contributed by atoms with Crippen molar-refractivity contribution in [2.75, 3.05) is 5.32 Å². The molecule has 28 heavy (non-hydrogen) atoms. The number of aromatic nitrogens is 1. The number of anilines is 1. The second-order valence-electron chi connectivity index (χ2n) is 6.58. The van der Waals surface area contributed by atoms with Crippen molar-refractivity contribution in [3.05, 3.63) is 95.3 Å². The molecule has 2 N–H and O–H groups in total. The molecular formula is C23H23N3O2. The number of carbonyl (C=O) groups is 2. The van der Waals surface area contributed by atoms with E-state index in [2.05, 4.69) is 15.6 Å². The van der Waals surface area contributed by atoms with Crippen LogP contribution in [-0.4, -0.2) is 16.8 Å². The number of pyridine rings is 1. The molecule has 0 aliphatic rings. The monoisotopic (exact) mass is 373 g/mol. The zero-order valence-electron chi connectivity index (χ0n) is 16.0.